The van der Waals surface area contributed by atoms with E-state index in [0.717, 1.165) is 5.56 Å². The molecule has 0 bridgehead atoms. The highest BCUT2D eigenvalue weighted by molar-refractivity contribution is 5.66. The Morgan fingerprint density at radius 3 is 2.29 bits per heavy atom. The molecule has 2 aromatic rings. The second-order valence-corrected chi connectivity index (χ2v) is 8.44. The summed E-state index contributed by atoms with van der Waals surface area (Å²) in [6.07, 6.45) is 5.52. The monoisotopic (exact) mass is 468 g/mol. The lowest BCUT2D eigenvalue weighted by atomic mass is 9.82. The molecule has 1 aliphatic rings. The van der Waals surface area contributed by atoms with Gasteiger partial charge in [-0.2, -0.15) is 0 Å². The van der Waals surface area contributed by atoms with Gasteiger partial charge in [0, 0.05) is 17.2 Å². The van der Waals surface area contributed by atoms with Crippen LogP contribution in [0.15, 0.2) is 79.4 Å². The van der Waals surface area contributed by atoms with Gasteiger partial charge in [-0.15, -0.1) is 0 Å². The van der Waals surface area contributed by atoms with Gasteiger partial charge in [0.25, 0.3) is 0 Å². The van der Waals surface area contributed by atoms with Gasteiger partial charge in [0.1, 0.15) is 11.6 Å². The van der Waals surface area contributed by atoms with Gasteiger partial charge in [-0.05, 0) is 55.2 Å². The molecule has 5 heteroatoms. The summed E-state index contributed by atoms with van der Waals surface area (Å²) in [4.78, 5) is 0. The van der Waals surface area contributed by atoms with Crippen LogP contribution in [0.3, 0.4) is 0 Å². The normalized spacial score (nSPS) is 18.4. The molecule has 2 aromatic carbocycles. The summed E-state index contributed by atoms with van der Waals surface area (Å²) in [5.41, 5.74) is 2.40. The van der Waals surface area contributed by atoms with Crippen molar-refractivity contribution < 1.29 is 22.6 Å². The van der Waals surface area contributed by atoms with Gasteiger partial charge in [-0.25, -0.2) is 13.2 Å². The summed E-state index contributed by atoms with van der Waals surface area (Å²) >= 11 is 0. The molecule has 0 amide bonds. The lowest BCUT2D eigenvalue weighted by Crippen LogP contribution is -2.22. The van der Waals surface area contributed by atoms with Gasteiger partial charge in [0.15, 0.2) is 11.6 Å². The summed E-state index contributed by atoms with van der Waals surface area (Å²) in [5, 5.41) is 0. The van der Waals surface area contributed by atoms with E-state index in [0.29, 0.717) is 43.4 Å². The molecular formula is C29H31F3O2. The Hall–Kier alpha value is -3.05. The number of allylic oxidation sites excluding steroid dienone is 1. The van der Waals surface area contributed by atoms with E-state index in [2.05, 4.69) is 19.7 Å². The highest BCUT2D eigenvalue weighted by Crippen LogP contribution is 2.38. The van der Waals surface area contributed by atoms with E-state index < -0.39 is 17.5 Å². The number of hydrogen-bond acceptors (Lipinski definition) is 2. The number of rotatable bonds is 10. The predicted molar refractivity (Wildman–Crippen MR) is 132 cm³/mol. The molecule has 0 heterocycles. The van der Waals surface area contributed by atoms with Crippen LogP contribution in [0.2, 0.25) is 0 Å². The minimum Gasteiger partial charge on any atom is -0.494 e. The minimum absolute atomic E-state index is 0.0550. The molecule has 180 valence electrons. The van der Waals surface area contributed by atoms with Gasteiger partial charge in [0.2, 0.25) is 0 Å². The van der Waals surface area contributed by atoms with E-state index in [1.807, 2.05) is 12.1 Å². The fourth-order valence-electron chi connectivity index (χ4n) is 4.20. The topological polar surface area (TPSA) is 18.5 Å². The fraction of sp³-hybridized carbons (Fsp3) is 0.310. The first-order valence-electron chi connectivity index (χ1n) is 11.5. The molecule has 34 heavy (non-hydrogen) atoms. The zero-order chi connectivity index (χ0) is 24.7. The average molecular weight is 469 g/mol. The quantitative estimate of drug-likeness (QED) is 0.258. The average Bonchev–Trinajstić information content (AvgIpc) is 2.85. The fourth-order valence-corrected chi connectivity index (χ4v) is 4.20. The largest absolute Gasteiger partial charge is 0.494 e. The van der Waals surface area contributed by atoms with E-state index in [9.17, 15) is 13.2 Å². The highest BCUT2D eigenvalue weighted by Gasteiger charge is 2.27. The van der Waals surface area contributed by atoms with E-state index in [4.69, 9.17) is 9.47 Å². The SMILES string of the molecule is C=Cc1ccc(-c2ccc(C3CCC(OCC(=C)/C(F)=C\C(=C)OCC)CC3)c(F)c2F)cc1. The molecule has 1 aliphatic carbocycles. The Kier molecular flexibility index (Phi) is 8.94. The van der Waals surface area contributed by atoms with Crippen molar-refractivity contribution in [2.45, 2.75) is 44.6 Å². The van der Waals surface area contributed by atoms with Crippen molar-refractivity contribution in [2.75, 3.05) is 13.2 Å². The van der Waals surface area contributed by atoms with Crippen LogP contribution < -0.4 is 0 Å². The van der Waals surface area contributed by atoms with Crippen molar-refractivity contribution in [1.82, 2.24) is 0 Å². The molecule has 0 unspecified atom stereocenters. The van der Waals surface area contributed by atoms with Gasteiger partial charge in [0.05, 0.1) is 19.3 Å². The van der Waals surface area contributed by atoms with E-state index in [1.54, 1.807) is 37.3 Å². The molecule has 0 saturated heterocycles. The Morgan fingerprint density at radius 1 is 1.00 bits per heavy atom. The van der Waals surface area contributed by atoms with Gasteiger partial charge in [-0.1, -0.05) is 62.2 Å². The summed E-state index contributed by atoms with van der Waals surface area (Å²) in [7, 11) is 0. The summed E-state index contributed by atoms with van der Waals surface area (Å²) in [5.74, 6) is -1.99. The van der Waals surface area contributed by atoms with Gasteiger partial charge < -0.3 is 9.47 Å². The van der Waals surface area contributed by atoms with Crippen molar-refractivity contribution in [3.8, 4) is 11.1 Å². The third-order valence-electron chi connectivity index (χ3n) is 6.13. The highest BCUT2D eigenvalue weighted by atomic mass is 19.2. The van der Waals surface area contributed by atoms with Crippen molar-refractivity contribution in [3.05, 3.63) is 102 Å². The molecule has 0 atom stereocenters. The van der Waals surface area contributed by atoms with Crippen LogP contribution in [0.25, 0.3) is 17.2 Å². The maximum absolute atomic E-state index is 15.0. The Morgan fingerprint density at radius 2 is 1.68 bits per heavy atom. The first kappa shape index (κ1) is 25.6. The Bertz CT molecular complexity index is 1060. The van der Waals surface area contributed by atoms with Crippen LogP contribution in [0, 0.1) is 11.6 Å². The molecule has 0 aliphatic heterocycles. The Labute approximate surface area is 200 Å². The molecular weight excluding hydrogens is 437 g/mol. The number of halogens is 3. The van der Waals surface area contributed by atoms with Crippen LogP contribution in [-0.4, -0.2) is 19.3 Å². The van der Waals surface area contributed by atoms with Crippen molar-refractivity contribution >= 4 is 6.08 Å². The Balaban J connectivity index is 1.57. The summed E-state index contributed by atoms with van der Waals surface area (Å²) < 4.78 is 55.0. The van der Waals surface area contributed by atoms with Gasteiger partial charge >= 0.3 is 0 Å². The van der Waals surface area contributed by atoms with Crippen LogP contribution in [0.4, 0.5) is 13.2 Å². The lowest BCUT2D eigenvalue weighted by molar-refractivity contribution is 0.0382. The molecule has 0 spiro atoms. The minimum atomic E-state index is -0.825. The number of benzene rings is 2. The van der Waals surface area contributed by atoms with E-state index in [1.165, 1.54) is 6.08 Å². The van der Waals surface area contributed by atoms with Gasteiger partial charge in [-0.3, -0.25) is 0 Å². The summed E-state index contributed by atoms with van der Waals surface area (Å²) in [6.45, 7) is 13.3. The van der Waals surface area contributed by atoms with Crippen LogP contribution in [-0.2, 0) is 9.47 Å². The number of ether oxygens (including phenoxy) is 2. The molecule has 1 fully saturated rings. The molecule has 0 radical (unpaired) electrons. The number of hydrogen-bond donors (Lipinski definition) is 0. The second-order valence-electron chi connectivity index (χ2n) is 8.44. The molecule has 0 aromatic heterocycles. The third kappa shape index (κ3) is 6.29. The first-order chi connectivity index (χ1) is 16.3. The summed E-state index contributed by atoms with van der Waals surface area (Å²) in [6, 6.07) is 10.5. The molecule has 0 N–H and O–H groups in total. The van der Waals surface area contributed by atoms with Crippen molar-refractivity contribution in [1.29, 1.82) is 0 Å². The molecule has 2 nitrogen and oxygen atoms in total. The van der Waals surface area contributed by atoms with E-state index >= 15 is 0 Å². The van der Waals surface area contributed by atoms with E-state index in [-0.39, 0.29) is 35.5 Å². The van der Waals surface area contributed by atoms with Crippen LogP contribution >= 0.6 is 0 Å². The zero-order valence-electron chi connectivity index (χ0n) is 19.6. The second kappa shape index (κ2) is 11.9. The maximum Gasteiger partial charge on any atom is 0.166 e. The lowest BCUT2D eigenvalue weighted by Gasteiger charge is -2.29. The molecule has 3 rings (SSSR count). The maximum atomic E-state index is 15.0. The predicted octanol–water partition coefficient (Wildman–Crippen LogP) is 8.28. The van der Waals surface area contributed by atoms with Crippen molar-refractivity contribution in [2.24, 2.45) is 0 Å². The zero-order valence-corrected chi connectivity index (χ0v) is 19.6. The standard InChI is InChI=1S/C29H31F3O2/c1-5-21-7-9-22(10-8-21)25-15-16-26(29(32)28(25)31)23-11-13-24(14-12-23)34-18-19(3)27(30)17-20(4)33-6-2/h5,7-10,15-17,23-24H,1,3-4,6,11-14,18H2,2H3/b27-17+. The smallest absolute Gasteiger partial charge is 0.166 e. The molecule has 1 saturated carbocycles. The van der Waals surface area contributed by atoms with Crippen LogP contribution in [0.5, 0.6) is 0 Å². The third-order valence-corrected chi connectivity index (χ3v) is 6.13. The first-order valence-corrected chi connectivity index (χ1v) is 11.5. The van der Waals surface area contributed by atoms with Crippen molar-refractivity contribution in [3.63, 3.8) is 0 Å². The van der Waals surface area contributed by atoms with Crippen LogP contribution in [0.1, 0.15) is 49.7 Å².